The van der Waals surface area contributed by atoms with Crippen molar-refractivity contribution in [2.24, 2.45) is 0 Å². The molecule has 2 aliphatic heterocycles. The van der Waals surface area contributed by atoms with E-state index in [4.69, 9.17) is 14.2 Å². The average Bonchev–Trinajstić information content (AvgIpc) is 3.24. The Morgan fingerprint density at radius 2 is 1.91 bits per heavy atom. The van der Waals surface area contributed by atoms with Gasteiger partial charge in [-0.2, -0.15) is 0 Å². The molecule has 0 aliphatic carbocycles. The first-order chi connectivity index (χ1) is 15.5. The predicted molar refractivity (Wildman–Crippen MR) is 120 cm³/mol. The smallest absolute Gasteiger partial charge is 0.410 e. The number of aliphatic hydroxyl groups is 1. The van der Waals surface area contributed by atoms with Crippen molar-refractivity contribution in [1.29, 1.82) is 0 Å². The van der Waals surface area contributed by atoms with Gasteiger partial charge in [-0.3, -0.25) is 4.98 Å². The minimum atomic E-state index is -0.612. The molecule has 2 fully saturated rings. The lowest BCUT2D eigenvalue weighted by Crippen LogP contribution is -2.47. The molecule has 0 saturated carbocycles. The third-order valence-corrected chi connectivity index (χ3v) is 6.03. The summed E-state index contributed by atoms with van der Waals surface area (Å²) in [5, 5.41) is 10.5. The molecule has 1 aromatic heterocycles. The van der Waals surface area contributed by atoms with Crippen molar-refractivity contribution in [1.82, 2.24) is 14.8 Å². The number of hydrogen-bond donors (Lipinski definition) is 1. The first-order valence-electron chi connectivity index (χ1n) is 11.1. The minimum Gasteiger partial charge on any atom is -0.497 e. The molecule has 2 aliphatic rings. The number of rotatable bonds is 8. The summed E-state index contributed by atoms with van der Waals surface area (Å²) in [6.45, 7) is 5.59. The first kappa shape index (κ1) is 22.4. The van der Waals surface area contributed by atoms with Gasteiger partial charge in [-0.1, -0.05) is 0 Å². The van der Waals surface area contributed by atoms with E-state index in [0.29, 0.717) is 31.2 Å². The maximum atomic E-state index is 11.8. The van der Waals surface area contributed by atoms with Gasteiger partial charge in [0.05, 0.1) is 13.7 Å². The zero-order valence-corrected chi connectivity index (χ0v) is 18.7. The number of pyridine rings is 1. The Kier molecular flexibility index (Phi) is 7.12. The lowest BCUT2D eigenvalue weighted by molar-refractivity contribution is 0.0497. The van der Waals surface area contributed by atoms with E-state index in [2.05, 4.69) is 16.0 Å². The van der Waals surface area contributed by atoms with Gasteiger partial charge in [0, 0.05) is 49.7 Å². The van der Waals surface area contributed by atoms with E-state index in [-0.39, 0.29) is 18.7 Å². The Labute approximate surface area is 188 Å². The molecule has 1 aromatic carbocycles. The number of likely N-dealkylation sites (tertiary alicyclic amines) is 1. The molecule has 0 radical (unpaired) electrons. The third-order valence-electron chi connectivity index (χ3n) is 6.03. The number of methoxy groups -OCH3 is 1. The number of amides is 1. The van der Waals surface area contributed by atoms with Crippen LogP contribution in [-0.2, 0) is 4.74 Å². The number of cyclic esters (lactones) is 1. The Morgan fingerprint density at radius 1 is 1.12 bits per heavy atom. The number of carbonyl (C=O) groups is 1. The molecule has 4 rings (SSSR count). The van der Waals surface area contributed by atoms with Crippen LogP contribution in [0.2, 0.25) is 0 Å². The molecular formula is C24H31N3O5. The van der Waals surface area contributed by atoms with Gasteiger partial charge in [-0.25, -0.2) is 4.79 Å². The van der Waals surface area contributed by atoms with Crippen LogP contribution in [0.15, 0.2) is 36.7 Å². The first-order valence-corrected chi connectivity index (χ1v) is 11.1. The summed E-state index contributed by atoms with van der Waals surface area (Å²) in [4.78, 5) is 20.1. The molecule has 1 atom stereocenters. The fourth-order valence-corrected chi connectivity index (χ4v) is 4.35. The van der Waals surface area contributed by atoms with Gasteiger partial charge < -0.3 is 29.1 Å². The number of benzene rings is 1. The highest BCUT2D eigenvalue weighted by Gasteiger charge is 2.32. The number of ether oxygens (including phenoxy) is 3. The number of carbonyl (C=O) groups excluding carboxylic acids is 1. The second-order valence-corrected chi connectivity index (χ2v) is 8.45. The Morgan fingerprint density at radius 3 is 2.59 bits per heavy atom. The lowest BCUT2D eigenvalue weighted by atomic mass is 10.0. The largest absolute Gasteiger partial charge is 0.497 e. The maximum absolute atomic E-state index is 11.8. The maximum Gasteiger partial charge on any atom is 0.410 e. The zero-order valence-electron chi connectivity index (χ0n) is 18.7. The Hall–Kier alpha value is -2.84. The predicted octanol–water partition coefficient (Wildman–Crippen LogP) is 2.72. The van der Waals surface area contributed by atoms with Crippen LogP contribution in [0, 0.1) is 6.92 Å². The van der Waals surface area contributed by atoms with Crippen LogP contribution in [0.3, 0.4) is 0 Å². The van der Waals surface area contributed by atoms with Gasteiger partial charge in [-0.15, -0.1) is 0 Å². The van der Waals surface area contributed by atoms with E-state index >= 15 is 0 Å². The second kappa shape index (κ2) is 10.2. The van der Waals surface area contributed by atoms with Crippen molar-refractivity contribution in [2.45, 2.75) is 31.9 Å². The normalized spacial score (nSPS) is 18.5. The highest BCUT2D eigenvalue weighted by Crippen LogP contribution is 2.30. The van der Waals surface area contributed by atoms with E-state index < -0.39 is 6.10 Å². The highest BCUT2D eigenvalue weighted by atomic mass is 16.6. The molecule has 0 spiro atoms. The molecule has 1 amide bonds. The molecule has 1 N–H and O–H groups in total. The number of aliphatic hydroxyl groups excluding tert-OH is 1. The fraction of sp³-hybridized carbons (Fsp3) is 0.500. The van der Waals surface area contributed by atoms with Crippen LogP contribution in [-0.4, -0.2) is 84.6 Å². The van der Waals surface area contributed by atoms with Gasteiger partial charge in [0.25, 0.3) is 0 Å². The van der Waals surface area contributed by atoms with Crippen LogP contribution in [0.1, 0.15) is 18.4 Å². The molecule has 2 saturated heterocycles. The van der Waals surface area contributed by atoms with Crippen LogP contribution in [0.25, 0.3) is 11.1 Å². The molecule has 32 heavy (non-hydrogen) atoms. The number of β-amino-alcohol motifs (C(OH)–C–C–N with tert-alkyl or cyclic N) is 1. The molecule has 2 aromatic rings. The van der Waals surface area contributed by atoms with Crippen LogP contribution < -0.4 is 9.47 Å². The summed E-state index contributed by atoms with van der Waals surface area (Å²) in [6.07, 6.45) is 4.61. The van der Waals surface area contributed by atoms with Crippen molar-refractivity contribution < 1.29 is 24.1 Å². The van der Waals surface area contributed by atoms with E-state index in [1.807, 2.05) is 42.4 Å². The topological polar surface area (TPSA) is 84.4 Å². The van der Waals surface area contributed by atoms with Crippen LogP contribution >= 0.6 is 0 Å². The molecule has 3 heterocycles. The fourth-order valence-electron chi connectivity index (χ4n) is 4.35. The average molecular weight is 442 g/mol. The van der Waals surface area contributed by atoms with Gasteiger partial charge in [0.2, 0.25) is 0 Å². The Bertz CT molecular complexity index is 930. The highest BCUT2D eigenvalue weighted by molar-refractivity contribution is 5.69. The van der Waals surface area contributed by atoms with Gasteiger partial charge in [0.1, 0.15) is 30.8 Å². The molecule has 8 nitrogen and oxygen atoms in total. The number of aryl methyl sites for hydroxylation is 1. The quantitative estimate of drug-likeness (QED) is 0.674. The summed E-state index contributed by atoms with van der Waals surface area (Å²) in [5.41, 5.74) is 3.01. The number of hydrogen-bond acceptors (Lipinski definition) is 7. The Balaban J connectivity index is 1.30. The summed E-state index contributed by atoms with van der Waals surface area (Å²) >= 11 is 0. The van der Waals surface area contributed by atoms with Crippen molar-refractivity contribution in [2.75, 3.05) is 46.5 Å². The number of piperidine rings is 1. The van der Waals surface area contributed by atoms with Crippen molar-refractivity contribution in [3.05, 3.63) is 42.2 Å². The van der Waals surface area contributed by atoms with Gasteiger partial charge in [0.15, 0.2) is 0 Å². The van der Waals surface area contributed by atoms with Gasteiger partial charge in [-0.05, 0) is 49.1 Å². The monoisotopic (exact) mass is 441 g/mol. The SMILES string of the molecule is COc1cc(OCC(O)CN2CCC(N3CCOC3=O)CC2)cc(-c2cncc(C)c2)c1. The minimum absolute atomic E-state index is 0.192. The summed E-state index contributed by atoms with van der Waals surface area (Å²) in [5.74, 6) is 1.34. The summed E-state index contributed by atoms with van der Waals surface area (Å²) < 4.78 is 16.4. The van der Waals surface area contributed by atoms with E-state index in [9.17, 15) is 9.90 Å². The van der Waals surface area contributed by atoms with Crippen LogP contribution in [0.5, 0.6) is 11.5 Å². The summed E-state index contributed by atoms with van der Waals surface area (Å²) in [6, 6.07) is 8.00. The lowest BCUT2D eigenvalue weighted by Gasteiger charge is -2.36. The van der Waals surface area contributed by atoms with Crippen molar-refractivity contribution >= 4 is 6.09 Å². The molecule has 0 bridgehead atoms. The van der Waals surface area contributed by atoms with Crippen molar-refractivity contribution in [3.8, 4) is 22.6 Å². The number of nitrogens with zero attached hydrogens (tertiary/aromatic N) is 3. The molecule has 172 valence electrons. The standard InChI is InChI=1S/C24H31N3O5/c1-17-9-19(14-25-13-17)18-10-22(30-2)12-23(11-18)32-16-21(28)15-26-5-3-20(4-6-26)27-7-8-31-24(27)29/h9-14,20-21,28H,3-8,15-16H2,1-2H3. The van der Waals surface area contributed by atoms with Crippen LogP contribution in [0.4, 0.5) is 4.79 Å². The van der Waals surface area contributed by atoms with Gasteiger partial charge >= 0.3 is 6.09 Å². The molecule has 1 unspecified atom stereocenters. The van der Waals surface area contributed by atoms with E-state index in [1.165, 1.54) is 0 Å². The molecule has 8 heteroatoms. The number of aromatic nitrogens is 1. The second-order valence-electron chi connectivity index (χ2n) is 8.45. The van der Waals surface area contributed by atoms with Crippen molar-refractivity contribution in [3.63, 3.8) is 0 Å². The van der Waals surface area contributed by atoms with E-state index in [1.54, 1.807) is 7.11 Å². The zero-order chi connectivity index (χ0) is 22.5. The third kappa shape index (κ3) is 5.49. The van der Waals surface area contributed by atoms with E-state index in [0.717, 1.165) is 42.6 Å². The summed E-state index contributed by atoms with van der Waals surface area (Å²) in [7, 11) is 1.62. The molecular weight excluding hydrogens is 410 g/mol.